The van der Waals surface area contributed by atoms with Crippen molar-refractivity contribution in [3.63, 3.8) is 0 Å². The number of amides is 2. The van der Waals surface area contributed by atoms with Gasteiger partial charge in [0.2, 0.25) is 0 Å². The monoisotopic (exact) mass is 580 g/mol. The number of nitrogens with zero attached hydrogens (tertiary/aromatic N) is 4. The molecule has 2 aromatic carbocycles. The molecular weight excluding hydrogens is 548 g/mol. The molecule has 0 saturated carbocycles. The molecule has 0 aliphatic carbocycles. The zero-order valence-electron chi connectivity index (χ0n) is 22.1. The van der Waals surface area contributed by atoms with Gasteiger partial charge in [0.25, 0.3) is 11.8 Å². The van der Waals surface area contributed by atoms with Crippen LogP contribution in [0.25, 0.3) is 21.8 Å². The molecule has 2 amide bonds. The molecule has 0 radical (unpaired) electrons. The van der Waals surface area contributed by atoms with E-state index in [0.29, 0.717) is 35.1 Å². The first-order valence-electron chi connectivity index (χ1n) is 13.4. The molecule has 2 N–H and O–H groups in total. The van der Waals surface area contributed by atoms with Crippen LogP contribution in [0.3, 0.4) is 0 Å². The van der Waals surface area contributed by atoms with Crippen molar-refractivity contribution in [2.75, 3.05) is 26.3 Å². The van der Waals surface area contributed by atoms with Gasteiger partial charge in [-0.15, -0.1) is 0 Å². The van der Waals surface area contributed by atoms with E-state index in [1.807, 2.05) is 37.5 Å². The molecular formula is C28H32N6O4S2. The van der Waals surface area contributed by atoms with Crippen LogP contribution in [0.15, 0.2) is 52.8 Å². The molecule has 2 atom stereocenters. The molecule has 2 saturated heterocycles. The second-order valence-electron chi connectivity index (χ2n) is 9.93. The number of fused-ring (bicyclic) bond motifs is 2. The molecule has 6 rings (SSSR count). The highest BCUT2D eigenvalue weighted by molar-refractivity contribution is 8.76. The minimum absolute atomic E-state index is 0. The highest BCUT2D eigenvalue weighted by Gasteiger charge is 2.21. The summed E-state index contributed by atoms with van der Waals surface area (Å²) in [6.07, 6.45) is 9.18. The van der Waals surface area contributed by atoms with E-state index in [9.17, 15) is 9.59 Å². The summed E-state index contributed by atoms with van der Waals surface area (Å²) in [5, 5.41) is 12.1. The predicted molar refractivity (Wildman–Crippen MR) is 157 cm³/mol. The Morgan fingerprint density at radius 1 is 0.925 bits per heavy atom. The summed E-state index contributed by atoms with van der Waals surface area (Å²) in [4.78, 5) is 36.5. The third-order valence-corrected chi connectivity index (χ3v) is 9.56. The molecule has 210 valence electrons. The average molecular weight is 581 g/mol. The van der Waals surface area contributed by atoms with Gasteiger partial charge in [-0.25, -0.2) is 9.97 Å². The molecule has 0 spiro atoms. The lowest BCUT2D eigenvalue weighted by atomic mass is 10.1. The van der Waals surface area contributed by atoms with Crippen LogP contribution in [0.1, 0.15) is 47.8 Å². The Balaban J connectivity index is 0.00000337. The maximum Gasteiger partial charge on any atom is 0.252 e. The Kier molecular flexibility index (Phi) is 8.19. The Labute approximate surface area is 240 Å². The van der Waals surface area contributed by atoms with Gasteiger partial charge in [0.05, 0.1) is 28.9 Å². The first-order valence-corrected chi connectivity index (χ1v) is 15.5. The summed E-state index contributed by atoms with van der Waals surface area (Å²) < 4.78 is 13.0. The Hall–Kier alpha value is -3.19. The fourth-order valence-corrected chi connectivity index (χ4v) is 7.32. The molecule has 40 heavy (non-hydrogen) atoms. The molecule has 0 bridgehead atoms. The minimum Gasteiger partial charge on any atom is -0.376 e. The standard InChI is InChI=1S/C28H30N6O4S2.H2/c1-34-15-22-20(28(36)31-13-18-5-3-11-38-18)7-9-24(26(22)33-34)40-39-23-8-6-19(21-14-29-16-32-25(21)23)27(35)30-12-17-4-2-10-37-17;/h6-9,14-18H,2-5,10-13H2,1H3,(H,30,35)(H,31,36);1H. The SMILES string of the molecule is Cn1cc2c(C(=O)NCC3CCCO3)ccc(SSc3ccc(C(=O)NCC4CCCO4)c4cncnc34)c2n1.[HH]. The number of aryl methyl sites for hydroxylation is 1. The molecule has 10 nitrogen and oxygen atoms in total. The van der Waals surface area contributed by atoms with E-state index in [1.165, 1.54) is 27.9 Å². The van der Waals surface area contributed by atoms with E-state index in [2.05, 4.69) is 25.7 Å². The van der Waals surface area contributed by atoms with E-state index in [-0.39, 0.29) is 25.4 Å². The summed E-state index contributed by atoms with van der Waals surface area (Å²) >= 11 is 0. The third-order valence-electron chi connectivity index (χ3n) is 7.13. The van der Waals surface area contributed by atoms with Crippen molar-refractivity contribution in [2.45, 2.75) is 47.7 Å². The second kappa shape index (κ2) is 12.1. The van der Waals surface area contributed by atoms with Crippen molar-refractivity contribution >= 4 is 55.2 Å². The maximum atomic E-state index is 13.0. The van der Waals surface area contributed by atoms with E-state index in [0.717, 1.165) is 59.6 Å². The molecule has 2 unspecified atom stereocenters. The van der Waals surface area contributed by atoms with E-state index < -0.39 is 0 Å². The number of carbonyl (C=O) groups is 2. The largest absolute Gasteiger partial charge is 0.376 e. The van der Waals surface area contributed by atoms with Crippen LogP contribution in [0, 0.1) is 0 Å². The lowest BCUT2D eigenvalue weighted by Crippen LogP contribution is -2.31. The van der Waals surface area contributed by atoms with Crippen molar-refractivity contribution < 1.29 is 20.5 Å². The number of benzene rings is 2. The van der Waals surface area contributed by atoms with Crippen molar-refractivity contribution in [3.8, 4) is 0 Å². The topological polar surface area (TPSA) is 120 Å². The summed E-state index contributed by atoms with van der Waals surface area (Å²) in [7, 11) is 4.92. The number of nitrogens with one attached hydrogen (secondary N) is 2. The second-order valence-corrected chi connectivity index (χ2v) is 12.1. The quantitative estimate of drug-likeness (QED) is 0.278. The van der Waals surface area contributed by atoms with E-state index in [4.69, 9.17) is 9.47 Å². The normalized spacial score (nSPS) is 18.9. The van der Waals surface area contributed by atoms with Crippen molar-refractivity contribution in [1.29, 1.82) is 0 Å². The molecule has 4 heterocycles. The Bertz CT molecular complexity index is 1560. The summed E-state index contributed by atoms with van der Waals surface area (Å²) in [6.45, 7) is 2.49. The van der Waals surface area contributed by atoms with Crippen LogP contribution in [-0.2, 0) is 16.5 Å². The van der Waals surface area contributed by atoms with Crippen LogP contribution in [-0.4, -0.2) is 70.1 Å². The fourth-order valence-electron chi connectivity index (χ4n) is 5.08. The van der Waals surface area contributed by atoms with Gasteiger partial charge >= 0.3 is 0 Å². The number of hydrogen-bond acceptors (Lipinski definition) is 9. The van der Waals surface area contributed by atoms with Crippen molar-refractivity contribution in [3.05, 3.63) is 54.1 Å². The third kappa shape index (κ3) is 5.80. The summed E-state index contributed by atoms with van der Waals surface area (Å²) in [5.41, 5.74) is 2.59. The van der Waals surface area contributed by atoms with Crippen molar-refractivity contribution in [1.82, 2.24) is 30.4 Å². The Morgan fingerprint density at radius 2 is 1.52 bits per heavy atom. The number of ether oxygens (including phenoxy) is 2. The molecule has 12 heteroatoms. The molecule has 2 aliphatic heterocycles. The minimum atomic E-state index is -0.164. The lowest BCUT2D eigenvalue weighted by Gasteiger charge is -2.13. The van der Waals surface area contributed by atoms with Crippen LogP contribution < -0.4 is 10.6 Å². The number of rotatable bonds is 9. The smallest absolute Gasteiger partial charge is 0.252 e. The zero-order valence-corrected chi connectivity index (χ0v) is 23.7. The molecule has 2 aromatic heterocycles. The van der Waals surface area contributed by atoms with E-state index >= 15 is 0 Å². The number of aromatic nitrogens is 4. The number of hydrogen-bond donors (Lipinski definition) is 2. The molecule has 4 aromatic rings. The van der Waals surface area contributed by atoms with Gasteiger partial charge in [0, 0.05) is 67.7 Å². The van der Waals surface area contributed by atoms with Crippen LogP contribution in [0.4, 0.5) is 0 Å². The highest BCUT2D eigenvalue weighted by Crippen LogP contribution is 2.43. The van der Waals surface area contributed by atoms with Crippen LogP contribution in [0.5, 0.6) is 0 Å². The van der Waals surface area contributed by atoms with E-state index in [1.54, 1.807) is 10.9 Å². The van der Waals surface area contributed by atoms with Crippen LogP contribution >= 0.6 is 21.6 Å². The summed E-state index contributed by atoms with van der Waals surface area (Å²) in [5.74, 6) is -0.295. The maximum absolute atomic E-state index is 13.0. The van der Waals surface area contributed by atoms with Gasteiger partial charge in [-0.1, -0.05) is 21.6 Å². The molecule has 2 aliphatic rings. The first-order chi connectivity index (χ1) is 19.6. The van der Waals surface area contributed by atoms with Gasteiger partial charge in [-0.3, -0.25) is 14.3 Å². The zero-order chi connectivity index (χ0) is 27.5. The average Bonchev–Trinajstić information content (AvgIpc) is 3.75. The van der Waals surface area contributed by atoms with Gasteiger partial charge in [0.1, 0.15) is 11.8 Å². The number of carbonyl (C=O) groups excluding carboxylic acids is 2. The molecule has 2 fully saturated rings. The fraction of sp³-hybridized carbons (Fsp3) is 0.393. The predicted octanol–water partition coefficient (Wildman–Crippen LogP) is 4.38. The summed E-state index contributed by atoms with van der Waals surface area (Å²) in [6, 6.07) is 7.51. The lowest BCUT2D eigenvalue weighted by molar-refractivity contribution is 0.0855. The Morgan fingerprint density at radius 3 is 2.12 bits per heavy atom. The van der Waals surface area contributed by atoms with Crippen molar-refractivity contribution in [2.24, 2.45) is 7.05 Å². The van der Waals surface area contributed by atoms with Crippen LogP contribution in [0.2, 0.25) is 0 Å². The van der Waals surface area contributed by atoms with Gasteiger partial charge in [0.15, 0.2) is 0 Å². The highest BCUT2D eigenvalue weighted by atomic mass is 33.1. The first kappa shape index (κ1) is 27.0. The van der Waals surface area contributed by atoms with Gasteiger partial charge < -0.3 is 20.1 Å². The van der Waals surface area contributed by atoms with Gasteiger partial charge in [-0.2, -0.15) is 5.10 Å². The van der Waals surface area contributed by atoms with Gasteiger partial charge in [-0.05, 0) is 49.9 Å².